The third kappa shape index (κ3) is 3.55. The van der Waals surface area contributed by atoms with E-state index in [-0.39, 0.29) is 5.91 Å². The third-order valence-electron chi connectivity index (χ3n) is 3.31. The Kier molecular flexibility index (Phi) is 4.33. The van der Waals surface area contributed by atoms with Crippen molar-refractivity contribution < 1.29 is 14.1 Å². The summed E-state index contributed by atoms with van der Waals surface area (Å²) in [5.74, 6) is 1.24. The maximum absolute atomic E-state index is 12.0. The van der Waals surface area contributed by atoms with Gasteiger partial charge in [-0.1, -0.05) is 5.16 Å². The summed E-state index contributed by atoms with van der Waals surface area (Å²) in [6.07, 6.45) is 3.15. The minimum atomic E-state index is -0.179. The highest BCUT2D eigenvalue weighted by Crippen LogP contribution is 2.23. The lowest BCUT2D eigenvalue weighted by Crippen LogP contribution is -2.22. The van der Waals surface area contributed by atoms with E-state index in [4.69, 9.17) is 9.26 Å². The zero-order chi connectivity index (χ0) is 16.1. The first-order valence-corrected chi connectivity index (χ1v) is 7.04. The van der Waals surface area contributed by atoms with Crippen molar-refractivity contribution in [3.63, 3.8) is 0 Å². The third-order valence-corrected chi connectivity index (χ3v) is 3.31. The zero-order valence-corrected chi connectivity index (χ0v) is 12.5. The standard InChI is InChI=1S/C17H15N3O3/c1-22-15-4-2-12(3-5-15)16-10-14(20-23-16)11-19-17(21)13-6-8-18-9-7-13/h2-10H,11H2,1H3,(H,19,21). The molecule has 2 aromatic heterocycles. The highest BCUT2D eigenvalue weighted by atomic mass is 16.5. The molecule has 6 nitrogen and oxygen atoms in total. The van der Waals surface area contributed by atoms with E-state index in [9.17, 15) is 4.79 Å². The molecule has 0 unspecified atom stereocenters. The van der Waals surface area contributed by atoms with E-state index < -0.39 is 0 Å². The van der Waals surface area contributed by atoms with Crippen molar-refractivity contribution in [1.29, 1.82) is 0 Å². The van der Waals surface area contributed by atoms with Crippen LogP contribution in [-0.4, -0.2) is 23.2 Å². The average molecular weight is 309 g/mol. The molecule has 1 aromatic carbocycles. The van der Waals surface area contributed by atoms with Gasteiger partial charge in [0.25, 0.3) is 5.91 Å². The van der Waals surface area contributed by atoms with Gasteiger partial charge >= 0.3 is 0 Å². The fourth-order valence-corrected chi connectivity index (χ4v) is 2.06. The van der Waals surface area contributed by atoms with Crippen molar-refractivity contribution in [3.05, 3.63) is 66.1 Å². The quantitative estimate of drug-likeness (QED) is 0.784. The van der Waals surface area contributed by atoms with E-state index in [1.807, 2.05) is 24.3 Å². The second-order valence-electron chi connectivity index (χ2n) is 4.83. The van der Waals surface area contributed by atoms with Gasteiger partial charge in [-0.25, -0.2) is 0 Å². The maximum Gasteiger partial charge on any atom is 0.251 e. The van der Waals surface area contributed by atoms with Crippen molar-refractivity contribution in [2.24, 2.45) is 0 Å². The highest BCUT2D eigenvalue weighted by molar-refractivity contribution is 5.93. The van der Waals surface area contributed by atoms with Crippen LogP contribution in [0.25, 0.3) is 11.3 Å². The maximum atomic E-state index is 12.0. The second-order valence-corrected chi connectivity index (χ2v) is 4.83. The van der Waals surface area contributed by atoms with E-state index in [0.29, 0.717) is 23.6 Å². The van der Waals surface area contributed by atoms with Crippen LogP contribution in [0.1, 0.15) is 16.1 Å². The van der Waals surface area contributed by atoms with Gasteiger partial charge in [0.1, 0.15) is 11.4 Å². The van der Waals surface area contributed by atoms with Gasteiger partial charge in [0.15, 0.2) is 5.76 Å². The lowest BCUT2D eigenvalue weighted by molar-refractivity contribution is 0.0950. The molecule has 116 valence electrons. The van der Waals surface area contributed by atoms with Crippen LogP contribution < -0.4 is 10.1 Å². The number of methoxy groups -OCH3 is 1. The summed E-state index contributed by atoms with van der Waals surface area (Å²) < 4.78 is 10.4. The van der Waals surface area contributed by atoms with Crippen molar-refractivity contribution in [2.45, 2.75) is 6.54 Å². The summed E-state index contributed by atoms with van der Waals surface area (Å²) in [7, 11) is 1.62. The monoisotopic (exact) mass is 309 g/mol. The van der Waals surface area contributed by atoms with Crippen LogP contribution >= 0.6 is 0 Å². The topological polar surface area (TPSA) is 77.2 Å². The Balaban J connectivity index is 1.64. The molecule has 0 aliphatic rings. The highest BCUT2D eigenvalue weighted by Gasteiger charge is 2.09. The van der Waals surface area contributed by atoms with Crippen molar-refractivity contribution in [3.8, 4) is 17.1 Å². The second kappa shape index (κ2) is 6.74. The van der Waals surface area contributed by atoms with Gasteiger partial charge in [0.05, 0.1) is 13.7 Å². The van der Waals surface area contributed by atoms with Crippen molar-refractivity contribution >= 4 is 5.91 Å². The predicted molar refractivity (Wildman–Crippen MR) is 83.9 cm³/mol. The van der Waals surface area contributed by atoms with Gasteiger partial charge in [-0.15, -0.1) is 0 Å². The summed E-state index contributed by atoms with van der Waals surface area (Å²) in [6, 6.07) is 12.6. The van der Waals surface area contributed by atoms with E-state index in [1.54, 1.807) is 37.7 Å². The Labute approximate surface area is 133 Å². The summed E-state index contributed by atoms with van der Waals surface area (Å²) in [5, 5.41) is 6.76. The lowest BCUT2D eigenvalue weighted by Gasteiger charge is -2.01. The van der Waals surface area contributed by atoms with Crippen LogP contribution in [-0.2, 0) is 6.54 Å². The summed E-state index contributed by atoms with van der Waals surface area (Å²) >= 11 is 0. The fourth-order valence-electron chi connectivity index (χ4n) is 2.06. The van der Waals surface area contributed by atoms with Gasteiger partial charge in [0.2, 0.25) is 0 Å². The Morgan fingerprint density at radius 2 is 1.91 bits per heavy atom. The van der Waals surface area contributed by atoms with Crippen LogP contribution in [0.15, 0.2) is 59.4 Å². The molecule has 0 saturated carbocycles. The normalized spacial score (nSPS) is 10.3. The molecule has 2 heterocycles. The molecule has 23 heavy (non-hydrogen) atoms. The average Bonchev–Trinajstić information content (AvgIpc) is 3.09. The molecule has 1 amide bonds. The molecule has 0 aliphatic heterocycles. The first kappa shape index (κ1) is 14.8. The molecule has 6 heteroatoms. The molecule has 3 rings (SSSR count). The Hall–Kier alpha value is -3.15. The van der Waals surface area contributed by atoms with Crippen LogP contribution in [0.4, 0.5) is 0 Å². The van der Waals surface area contributed by atoms with E-state index in [2.05, 4.69) is 15.5 Å². The summed E-state index contributed by atoms with van der Waals surface area (Å²) in [5.41, 5.74) is 2.10. The predicted octanol–water partition coefficient (Wildman–Crippen LogP) is 2.68. The van der Waals surface area contributed by atoms with Crippen LogP contribution in [0, 0.1) is 0 Å². The van der Waals surface area contributed by atoms with E-state index >= 15 is 0 Å². The van der Waals surface area contributed by atoms with Crippen molar-refractivity contribution in [2.75, 3.05) is 7.11 Å². The molecule has 0 aliphatic carbocycles. The molecule has 0 spiro atoms. The number of carbonyl (C=O) groups is 1. The Morgan fingerprint density at radius 1 is 1.17 bits per heavy atom. The smallest absolute Gasteiger partial charge is 0.251 e. The van der Waals surface area contributed by atoms with Crippen molar-refractivity contribution in [1.82, 2.24) is 15.5 Å². The minimum absolute atomic E-state index is 0.179. The lowest BCUT2D eigenvalue weighted by atomic mass is 10.1. The van der Waals surface area contributed by atoms with Gasteiger partial charge in [-0.3, -0.25) is 9.78 Å². The van der Waals surface area contributed by atoms with E-state index in [1.165, 1.54) is 0 Å². The van der Waals surface area contributed by atoms with Crippen LogP contribution in [0.2, 0.25) is 0 Å². The fraction of sp³-hybridized carbons (Fsp3) is 0.118. The molecule has 0 bridgehead atoms. The molecule has 0 radical (unpaired) electrons. The molecular formula is C17H15N3O3. The largest absolute Gasteiger partial charge is 0.497 e. The van der Waals surface area contributed by atoms with Gasteiger partial charge in [0, 0.05) is 29.6 Å². The number of ether oxygens (including phenoxy) is 1. The minimum Gasteiger partial charge on any atom is -0.497 e. The number of hydrogen-bond donors (Lipinski definition) is 1. The van der Waals surface area contributed by atoms with E-state index in [0.717, 1.165) is 11.3 Å². The number of amides is 1. The first-order chi connectivity index (χ1) is 11.3. The molecule has 0 fully saturated rings. The van der Waals surface area contributed by atoms with Gasteiger partial charge in [-0.2, -0.15) is 0 Å². The summed E-state index contributed by atoms with van der Waals surface area (Å²) in [4.78, 5) is 15.8. The number of carbonyl (C=O) groups excluding carboxylic acids is 1. The molecular weight excluding hydrogens is 294 g/mol. The van der Waals surface area contributed by atoms with Gasteiger partial charge < -0.3 is 14.6 Å². The molecule has 3 aromatic rings. The number of nitrogens with one attached hydrogen (secondary N) is 1. The number of hydrogen-bond acceptors (Lipinski definition) is 5. The summed E-state index contributed by atoms with van der Waals surface area (Å²) in [6.45, 7) is 0.292. The Morgan fingerprint density at radius 3 is 2.61 bits per heavy atom. The number of nitrogens with zero attached hydrogens (tertiary/aromatic N) is 2. The van der Waals surface area contributed by atoms with Crippen LogP contribution in [0.5, 0.6) is 5.75 Å². The SMILES string of the molecule is COc1ccc(-c2cc(CNC(=O)c3ccncc3)no2)cc1. The Bertz CT molecular complexity index is 782. The zero-order valence-electron chi connectivity index (χ0n) is 12.5. The molecule has 0 saturated heterocycles. The number of pyridine rings is 1. The first-order valence-electron chi connectivity index (χ1n) is 7.04. The van der Waals surface area contributed by atoms with Crippen LogP contribution in [0.3, 0.4) is 0 Å². The molecule has 1 N–H and O–H groups in total. The molecule has 0 atom stereocenters. The number of benzene rings is 1. The van der Waals surface area contributed by atoms with Gasteiger partial charge in [-0.05, 0) is 36.4 Å². The number of aromatic nitrogens is 2. The number of rotatable bonds is 5.